The molecule has 1 amide bonds. The molecule has 0 radical (unpaired) electrons. The maximum Gasteiger partial charge on any atom is 0.234 e. The molecule has 0 aromatic heterocycles. The first-order chi connectivity index (χ1) is 7.25. The van der Waals surface area contributed by atoms with E-state index in [2.05, 4.69) is 5.32 Å². The van der Waals surface area contributed by atoms with Crippen molar-refractivity contribution in [1.82, 2.24) is 5.32 Å². The van der Waals surface area contributed by atoms with Crippen LogP contribution in [0.1, 0.15) is 12.8 Å². The molecule has 3 N–H and O–H groups in total. The molecule has 0 bridgehead atoms. The van der Waals surface area contributed by atoms with Gasteiger partial charge < -0.3 is 20.5 Å². The van der Waals surface area contributed by atoms with Gasteiger partial charge in [0.15, 0.2) is 0 Å². The van der Waals surface area contributed by atoms with Crippen molar-refractivity contribution >= 4 is 5.91 Å². The Labute approximate surface area is 90.3 Å². The van der Waals surface area contributed by atoms with Crippen molar-refractivity contribution in [1.29, 1.82) is 0 Å². The standard InChI is InChI=1S/C10H20N2O3/c1-14-6-4-12-9(10(11)13)8-3-2-5-15-7-8/h8-9,12H,2-7H2,1H3,(H2,11,13). The van der Waals surface area contributed by atoms with Gasteiger partial charge in [-0.3, -0.25) is 4.79 Å². The molecule has 0 aromatic carbocycles. The molecule has 0 saturated carbocycles. The van der Waals surface area contributed by atoms with E-state index in [0.717, 1.165) is 19.4 Å². The van der Waals surface area contributed by atoms with E-state index in [-0.39, 0.29) is 17.9 Å². The van der Waals surface area contributed by atoms with Gasteiger partial charge in [-0.15, -0.1) is 0 Å². The van der Waals surface area contributed by atoms with Crippen molar-refractivity contribution in [2.75, 3.05) is 33.5 Å². The van der Waals surface area contributed by atoms with Crippen LogP contribution < -0.4 is 11.1 Å². The predicted molar refractivity (Wildman–Crippen MR) is 56.4 cm³/mol. The second kappa shape index (κ2) is 6.76. The van der Waals surface area contributed by atoms with Crippen LogP contribution in [-0.4, -0.2) is 45.4 Å². The van der Waals surface area contributed by atoms with Crippen LogP contribution in [0.3, 0.4) is 0 Å². The molecule has 5 nitrogen and oxygen atoms in total. The predicted octanol–water partition coefficient (Wildman–Crippen LogP) is -0.497. The Kier molecular flexibility index (Phi) is 5.60. The van der Waals surface area contributed by atoms with Crippen LogP contribution in [0.4, 0.5) is 0 Å². The number of rotatable bonds is 6. The number of nitrogens with two attached hydrogens (primary N) is 1. The number of carbonyl (C=O) groups excluding carboxylic acids is 1. The molecule has 1 rings (SSSR count). The number of nitrogens with one attached hydrogen (secondary N) is 1. The molecule has 2 atom stereocenters. The molecule has 1 heterocycles. The second-order valence-corrected chi connectivity index (χ2v) is 3.80. The topological polar surface area (TPSA) is 73.6 Å². The van der Waals surface area contributed by atoms with E-state index < -0.39 is 0 Å². The largest absolute Gasteiger partial charge is 0.383 e. The minimum Gasteiger partial charge on any atom is -0.383 e. The van der Waals surface area contributed by atoms with E-state index in [9.17, 15) is 4.79 Å². The monoisotopic (exact) mass is 216 g/mol. The molecular weight excluding hydrogens is 196 g/mol. The molecule has 1 aliphatic rings. The van der Waals surface area contributed by atoms with Crippen molar-refractivity contribution in [2.24, 2.45) is 11.7 Å². The molecule has 15 heavy (non-hydrogen) atoms. The van der Waals surface area contributed by atoms with E-state index >= 15 is 0 Å². The van der Waals surface area contributed by atoms with E-state index in [1.54, 1.807) is 7.11 Å². The minimum absolute atomic E-state index is 0.202. The number of amides is 1. The summed E-state index contributed by atoms with van der Waals surface area (Å²) in [7, 11) is 1.63. The molecule has 5 heteroatoms. The third-order valence-electron chi connectivity index (χ3n) is 2.64. The van der Waals surface area contributed by atoms with Crippen molar-refractivity contribution in [2.45, 2.75) is 18.9 Å². The quantitative estimate of drug-likeness (QED) is 0.587. The highest BCUT2D eigenvalue weighted by molar-refractivity contribution is 5.80. The van der Waals surface area contributed by atoms with Gasteiger partial charge in [-0.25, -0.2) is 0 Å². The molecule has 1 fully saturated rings. The highest BCUT2D eigenvalue weighted by Crippen LogP contribution is 2.17. The van der Waals surface area contributed by atoms with Gasteiger partial charge in [0.1, 0.15) is 0 Å². The highest BCUT2D eigenvalue weighted by atomic mass is 16.5. The fraction of sp³-hybridized carbons (Fsp3) is 0.900. The zero-order valence-electron chi connectivity index (χ0n) is 9.20. The first-order valence-corrected chi connectivity index (χ1v) is 5.35. The molecular formula is C10H20N2O3. The Hall–Kier alpha value is -0.650. The summed E-state index contributed by atoms with van der Waals surface area (Å²) in [4.78, 5) is 11.3. The van der Waals surface area contributed by atoms with E-state index in [1.165, 1.54) is 0 Å². The van der Waals surface area contributed by atoms with Crippen molar-refractivity contribution < 1.29 is 14.3 Å². The van der Waals surface area contributed by atoms with Gasteiger partial charge in [0.25, 0.3) is 0 Å². The Morgan fingerprint density at radius 3 is 3.07 bits per heavy atom. The number of ether oxygens (including phenoxy) is 2. The molecule has 2 unspecified atom stereocenters. The summed E-state index contributed by atoms with van der Waals surface area (Å²) in [5.74, 6) is -0.102. The molecule has 1 saturated heterocycles. The van der Waals surface area contributed by atoms with Crippen molar-refractivity contribution in [3.63, 3.8) is 0 Å². The fourth-order valence-electron chi connectivity index (χ4n) is 1.84. The molecule has 88 valence electrons. The molecule has 0 spiro atoms. The lowest BCUT2D eigenvalue weighted by Gasteiger charge is -2.28. The first kappa shape index (κ1) is 12.4. The van der Waals surface area contributed by atoms with Crippen LogP contribution in [0, 0.1) is 5.92 Å². The number of primary amides is 1. The summed E-state index contributed by atoms with van der Waals surface area (Å²) in [6.45, 7) is 2.63. The lowest BCUT2D eigenvalue weighted by Crippen LogP contribution is -2.49. The van der Waals surface area contributed by atoms with Crippen LogP contribution in [0.2, 0.25) is 0 Å². The average molecular weight is 216 g/mol. The zero-order valence-corrected chi connectivity index (χ0v) is 9.20. The number of carbonyl (C=O) groups is 1. The number of hydrogen-bond donors (Lipinski definition) is 2. The molecule has 0 aromatic rings. The van der Waals surface area contributed by atoms with Gasteiger partial charge in [0.2, 0.25) is 5.91 Å². The smallest absolute Gasteiger partial charge is 0.234 e. The maximum absolute atomic E-state index is 11.3. The summed E-state index contributed by atoms with van der Waals surface area (Å²) < 4.78 is 10.3. The summed E-state index contributed by atoms with van der Waals surface area (Å²) in [6.07, 6.45) is 1.99. The summed E-state index contributed by atoms with van der Waals surface area (Å²) in [5.41, 5.74) is 5.35. The normalized spacial score (nSPS) is 23.7. The van der Waals surface area contributed by atoms with Gasteiger partial charge in [-0.05, 0) is 12.8 Å². The summed E-state index contributed by atoms with van der Waals surface area (Å²) >= 11 is 0. The summed E-state index contributed by atoms with van der Waals surface area (Å²) in [5, 5.41) is 3.11. The van der Waals surface area contributed by atoms with Crippen LogP contribution in [0.5, 0.6) is 0 Å². The third-order valence-corrected chi connectivity index (χ3v) is 2.64. The van der Waals surface area contributed by atoms with E-state index in [1.807, 2.05) is 0 Å². The Balaban J connectivity index is 2.37. The highest BCUT2D eigenvalue weighted by Gasteiger charge is 2.27. The van der Waals surface area contributed by atoms with E-state index in [0.29, 0.717) is 19.8 Å². The fourth-order valence-corrected chi connectivity index (χ4v) is 1.84. The number of hydrogen-bond acceptors (Lipinski definition) is 4. The lowest BCUT2D eigenvalue weighted by molar-refractivity contribution is -0.122. The average Bonchev–Trinajstić information content (AvgIpc) is 2.25. The minimum atomic E-state index is -0.304. The van der Waals surface area contributed by atoms with Gasteiger partial charge in [-0.1, -0.05) is 0 Å². The Morgan fingerprint density at radius 1 is 1.73 bits per heavy atom. The van der Waals surface area contributed by atoms with Crippen LogP contribution in [0.15, 0.2) is 0 Å². The van der Waals surface area contributed by atoms with Gasteiger partial charge >= 0.3 is 0 Å². The molecule has 0 aliphatic carbocycles. The first-order valence-electron chi connectivity index (χ1n) is 5.35. The van der Waals surface area contributed by atoms with Crippen molar-refractivity contribution in [3.05, 3.63) is 0 Å². The van der Waals surface area contributed by atoms with Gasteiger partial charge in [-0.2, -0.15) is 0 Å². The lowest BCUT2D eigenvalue weighted by atomic mass is 9.93. The maximum atomic E-state index is 11.3. The summed E-state index contributed by atoms with van der Waals surface area (Å²) in [6, 6.07) is -0.291. The van der Waals surface area contributed by atoms with Crippen LogP contribution in [0.25, 0.3) is 0 Å². The third kappa shape index (κ3) is 4.15. The Bertz CT molecular complexity index is 193. The number of methoxy groups -OCH3 is 1. The molecule has 1 aliphatic heterocycles. The van der Waals surface area contributed by atoms with Crippen molar-refractivity contribution in [3.8, 4) is 0 Å². The van der Waals surface area contributed by atoms with Crippen LogP contribution >= 0.6 is 0 Å². The van der Waals surface area contributed by atoms with E-state index in [4.69, 9.17) is 15.2 Å². The SMILES string of the molecule is COCCNC(C(N)=O)C1CCCOC1. The van der Waals surface area contributed by atoms with Gasteiger partial charge in [0, 0.05) is 26.2 Å². The second-order valence-electron chi connectivity index (χ2n) is 3.80. The Morgan fingerprint density at radius 2 is 2.53 bits per heavy atom. The zero-order chi connectivity index (χ0) is 11.1. The van der Waals surface area contributed by atoms with Crippen LogP contribution in [-0.2, 0) is 14.3 Å². The van der Waals surface area contributed by atoms with Gasteiger partial charge in [0.05, 0.1) is 19.3 Å².